The van der Waals surface area contributed by atoms with E-state index < -0.39 is 0 Å². The highest BCUT2D eigenvalue weighted by molar-refractivity contribution is 7.99. The Morgan fingerprint density at radius 1 is 1.42 bits per heavy atom. The highest BCUT2D eigenvalue weighted by atomic mass is 32.2. The lowest BCUT2D eigenvalue weighted by Gasteiger charge is -2.33. The van der Waals surface area contributed by atoms with Crippen molar-refractivity contribution in [1.82, 2.24) is 24.5 Å². The van der Waals surface area contributed by atoms with Gasteiger partial charge in [0.15, 0.2) is 22.4 Å². The zero-order valence-electron chi connectivity index (χ0n) is 14.3. The van der Waals surface area contributed by atoms with Crippen LogP contribution in [0.4, 0.5) is 0 Å². The Morgan fingerprint density at radius 3 is 3.08 bits per heavy atom. The zero-order valence-corrected chi connectivity index (χ0v) is 15.2. The molecule has 26 heavy (non-hydrogen) atoms. The molecule has 4 rings (SSSR count). The van der Waals surface area contributed by atoms with Crippen molar-refractivity contribution in [3.05, 3.63) is 34.8 Å². The van der Waals surface area contributed by atoms with Gasteiger partial charge >= 0.3 is 0 Å². The molecule has 1 N–H and O–H groups in total. The molecule has 0 aromatic carbocycles. The SMILES string of the molecule is C[C@H]1CCCCN1C(=O)CSc1nc(-c2ccco2)nc2cc(=O)[nH]n12. The summed E-state index contributed by atoms with van der Waals surface area (Å²) in [6.07, 6.45) is 4.80. The van der Waals surface area contributed by atoms with Crippen molar-refractivity contribution >= 4 is 23.3 Å². The fourth-order valence-electron chi connectivity index (χ4n) is 3.17. The van der Waals surface area contributed by atoms with Gasteiger partial charge in [0.25, 0.3) is 5.56 Å². The maximum absolute atomic E-state index is 12.6. The van der Waals surface area contributed by atoms with Crippen LogP contribution in [0.1, 0.15) is 26.2 Å². The smallest absolute Gasteiger partial charge is 0.266 e. The second kappa shape index (κ2) is 6.99. The molecule has 0 bridgehead atoms. The summed E-state index contributed by atoms with van der Waals surface area (Å²) < 4.78 is 6.86. The summed E-state index contributed by atoms with van der Waals surface area (Å²) in [4.78, 5) is 35.1. The average molecular weight is 373 g/mol. The van der Waals surface area contributed by atoms with E-state index in [9.17, 15) is 9.59 Å². The Labute approximate surface area is 153 Å². The fraction of sp³-hybridized carbons (Fsp3) is 0.412. The number of thioether (sulfide) groups is 1. The second-order valence-corrected chi connectivity index (χ2v) is 7.28. The van der Waals surface area contributed by atoms with Crippen LogP contribution >= 0.6 is 11.8 Å². The van der Waals surface area contributed by atoms with Gasteiger partial charge in [0.2, 0.25) is 5.91 Å². The minimum Gasteiger partial charge on any atom is -0.461 e. The number of nitrogens with one attached hydrogen (secondary N) is 1. The molecule has 9 heteroatoms. The number of aromatic nitrogens is 4. The molecule has 8 nitrogen and oxygen atoms in total. The van der Waals surface area contributed by atoms with Crippen LogP contribution in [-0.4, -0.2) is 48.7 Å². The quantitative estimate of drug-likeness (QED) is 0.704. The van der Waals surface area contributed by atoms with Crippen LogP contribution in [0.15, 0.2) is 38.8 Å². The number of furan rings is 1. The van der Waals surface area contributed by atoms with Crippen molar-refractivity contribution in [3.8, 4) is 11.6 Å². The highest BCUT2D eigenvalue weighted by Crippen LogP contribution is 2.23. The summed E-state index contributed by atoms with van der Waals surface area (Å²) >= 11 is 1.29. The van der Waals surface area contributed by atoms with E-state index in [1.165, 1.54) is 28.8 Å². The summed E-state index contributed by atoms with van der Waals surface area (Å²) in [5.74, 6) is 1.24. The monoisotopic (exact) mass is 373 g/mol. The number of nitrogens with zero attached hydrogens (tertiary/aromatic N) is 4. The molecule has 3 aromatic rings. The number of aromatic amines is 1. The van der Waals surface area contributed by atoms with Crippen LogP contribution in [0.3, 0.4) is 0 Å². The first-order valence-electron chi connectivity index (χ1n) is 8.58. The van der Waals surface area contributed by atoms with Crippen LogP contribution in [0, 0.1) is 0 Å². The molecule has 3 aromatic heterocycles. The molecule has 0 spiro atoms. The van der Waals surface area contributed by atoms with E-state index in [4.69, 9.17) is 4.42 Å². The van der Waals surface area contributed by atoms with Crippen molar-refractivity contribution in [2.45, 2.75) is 37.4 Å². The summed E-state index contributed by atoms with van der Waals surface area (Å²) in [5.41, 5.74) is 0.173. The van der Waals surface area contributed by atoms with E-state index in [0.29, 0.717) is 22.4 Å². The number of fused-ring (bicyclic) bond motifs is 1. The number of hydrogen-bond donors (Lipinski definition) is 1. The van der Waals surface area contributed by atoms with Gasteiger partial charge in [0, 0.05) is 18.7 Å². The topological polar surface area (TPSA) is 96.5 Å². The van der Waals surface area contributed by atoms with E-state index in [1.807, 2.05) is 4.90 Å². The lowest BCUT2D eigenvalue weighted by atomic mass is 10.0. The van der Waals surface area contributed by atoms with Gasteiger partial charge in [-0.15, -0.1) is 0 Å². The fourth-order valence-corrected chi connectivity index (χ4v) is 4.01. The molecule has 136 valence electrons. The molecule has 0 saturated carbocycles. The molecule has 1 atom stereocenters. The lowest BCUT2D eigenvalue weighted by Crippen LogP contribution is -2.43. The van der Waals surface area contributed by atoms with Gasteiger partial charge in [-0.3, -0.25) is 14.7 Å². The third-order valence-corrected chi connectivity index (χ3v) is 5.44. The van der Waals surface area contributed by atoms with Crippen molar-refractivity contribution in [1.29, 1.82) is 0 Å². The Balaban J connectivity index is 1.61. The van der Waals surface area contributed by atoms with Crippen LogP contribution in [0.5, 0.6) is 0 Å². The van der Waals surface area contributed by atoms with Gasteiger partial charge in [-0.2, -0.15) is 4.98 Å². The standard InChI is InChI=1S/C17H19N5O3S/c1-11-5-2-3-7-21(11)15(24)10-26-17-19-16(12-6-4-8-25-12)18-13-9-14(23)20-22(13)17/h4,6,8-9,11H,2-3,5,7,10H2,1H3,(H,20,23)/t11-/m0/s1. The average Bonchev–Trinajstić information content (AvgIpc) is 3.28. The normalized spacial score (nSPS) is 17.7. The van der Waals surface area contributed by atoms with Gasteiger partial charge in [0.1, 0.15) is 0 Å². The van der Waals surface area contributed by atoms with E-state index in [-0.39, 0.29) is 23.3 Å². The molecular weight excluding hydrogens is 354 g/mol. The van der Waals surface area contributed by atoms with Gasteiger partial charge in [0.05, 0.1) is 12.0 Å². The third kappa shape index (κ3) is 3.26. The molecule has 1 aliphatic heterocycles. The predicted octanol–water partition coefficient (Wildman–Crippen LogP) is 2.17. The maximum atomic E-state index is 12.6. The summed E-state index contributed by atoms with van der Waals surface area (Å²) in [6, 6.07) is 5.17. The number of likely N-dealkylation sites (tertiary alicyclic amines) is 1. The van der Waals surface area contributed by atoms with Gasteiger partial charge < -0.3 is 9.32 Å². The zero-order chi connectivity index (χ0) is 18.1. The number of rotatable bonds is 4. The maximum Gasteiger partial charge on any atom is 0.266 e. The molecule has 0 radical (unpaired) electrons. The van der Waals surface area contributed by atoms with E-state index in [1.54, 1.807) is 18.4 Å². The van der Waals surface area contributed by atoms with E-state index in [2.05, 4.69) is 22.0 Å². The van der Waals surface area contributed by atoms with Gasteiger partial charge in [-0.05, 0) is 38.3 Å². The summed E-state index contributed by atoms with van der Waals surface area (Å²) in [5, 5.41) is 3.17. The molecule has 1 amide bonds. The molecule has 0 unspecified atom stereocenters. The minimum absolute atomic E-state index is 0.0861. The summed E-state index contributed by atoms with van der Waals surface area (Å²) in [6.45, 7) is 2.89. The van der Waals surface area contributed by atoms with Gasteiger partial charge in [-0.25, -0.2) is 9.50 Å². The lowest BCUT2D eigenvalue weighted by molar-refractivity contribution is -0.131. The first-order valence-corrected chi connectivity index (χ1v) is 9.56. The highest BCUT2D eigenvalue weighted by Gasteiger charge is 2.23. The van der Waals surface area contributed by atoms with Crippen LogP contribution in [0.25, 0.3) is 17.2 Å². The van der Waals surface area contributed by atoms with Crippen LogP contribution in [0.2, 0.25) is 0 Å². The Hall–Kier alpha value is -2.55. The first-order chi connectivity index (χ1) is 12.6. The number of amides is 1. The molecular formula is C17H19N5O3S. The third-order valence-electron chi connectivity index (χ3n) is 4.51. The predicted molar refractivity (Wildman–Crippen MR) is 97.1 cm³/mol. The number of hydrogen-bond acceptors (Lipinski definition) is 6. The molecule has 1 saturated heterocycles. The minimum atomic E-state index is -0.270. The molecule has 1 aliphatic rings. The van der Waals surface area contributed by atoms with E-state index >= 15 is 0 Å². The van der Waals surface area contributed by atoms with Crippen molar-refractivity contribution in [2.24, 2.45) is 0 Å². The Bertz CT molecular complexity index is 978. The van der Waals surface area contributed by atoms with Crippen molar-refractivity contribution in [3.63, 3.8) is 0 Å². The van der Waals surface area contributed by atoms with E-state index in [0.717, 1.165) is 19.4 Å². The Kier molecular flexibility index (Phi) is 4.54. The first kappa shape index (κ1) is 16.9. The number of piperidine rings is 1. The number of carbonyl (C=O) groups is 1. The largest absolute Gasteiger partial charge is 0.461 e. The molecule has 1 fully saturated rings. The molecule has 0 aliphatic carbocycles. The second-order valence-electron chi connectivity index (χ2n) is 6.34. The van der Waals surface area contributed by atoms with Crippen molar-refractivity contribution in [2.75, 3.05) is 12.3 Å². The molecule has 4 heterocycles. The summed E-state index contributed by atoms with van der Waals surface area (Å²) in [7, 11) is 0. The van der Waals surface area contributed by atoms with Crippen LogP contribution in [-0.2, 0) is 4.79 Å². The number of carbonyl (C=O) groups excluding carboxylic acids is 1. The van der Waals surface area contributed by atoms with Gasteiger partial charge in [-0.1, -0.05) is 11.8 Å². The number of H-pyrrole nitrogens is 1. The van der Waals surface area contributed by atoms with Crippen LogP contribution < -0.4 is 5.56 Å². The Morgan fingerprint density at radius 2 is 2.31 bits per heavy atom. The van der Waals surface area contributed by atoms with Crippen molar-refractivity contribution < 1.29 is 9.21 Å².